The van der Waals surface area contributed by atoms with E-state index in [0.717, 1.165) is 22.2 Å². The van der Waals surface area contributed by atoms with Crippen molar-refractivity contribution in [3.63, 3.8) is 0 Å². The molecule has 1 unspecified atom stereocenters. The normalized spacial score (nSPS) is 17.9. The van der Waals surface area contributed by atoms with Crippen LogP contribution >= 0.6 is 12.2 Å². The standard InChI is InChI=1S/C24H25N3O3S/c1-23(2,3)30-22(29)27-14-17(15-9-5-8-12-19(15)27)24(13-20(28)25-4)16-10-6-7-11-18(16)26-21(24)31/h5-12,14H,13H2,1-4H3,(H,25,28)(H,26,31). The molecule has 0 fully saturated rings. The van der Waals surface area contributed by atoms with Gasteiger partial charge in [0, 0.05) is 30.7 Å². The third kappa shape index (κ3) is 3.49. The van der Waals surface area contributed by atoms with E-state index in [-0.39, 0.29) is 12.3 Å². The molecule has 1 aromatic heterocycles. The number of hydrogen-bond acceptors (Lipinski definition) is 4. The van der Waals surface area contributed by atoms with E-state index in [1.807, 2.05) is 69.3 Å². The Morgan fingerprint density at radius 1 is 1.10 bits per heavy atom. The zero-order chi connectivity index (χ0) is 22.4. The van der Waals surface area contributed by atoms with Crippen LogP contribution in [0, 0.1) is 0 Å². The molecule has 2 aromatic carbocycles. The maximum absolute atomic E-state index is 13.0. The third-order valence-corrected chi connectivity index (χ3v) is 5.94. The van der Waals surface area contributed by atoms with Crippen molar-refractivity contribution in [1.82, 2.24) is 9.88 Å². The molecule has 3 aromatic rings. The first-order valence-electron chi connectivity index (χ1n) is 10.1. The topological polar surface area (TPSA) is 72.4 Å². The van der Waals surface area contributed by atoms with Gasteiger partial charge in [-0.3, -0.25) is 9.36 Å². The van der Waals surface area contributed by atoms with Gasteiger partial charge < -0.3 is 15.4 Å². The summed E-state index contributed by atoms with van der Waals surface area (Å²) in [7, 11) is 1.61. The summed E-state index contributed by atoms with van der Waals surface area (Å²) in [6.07, 6.45) is 1.40. The monoisotopic (exact) mass is 435 g/mol. The molecule has 6 nitrogen and oxygen atoms in total. The van der Waals surface area contributed by atoms with Gasteiger partial charge in [0.15, 0.2) is 0 Å². The summed E-state index contributed by atoms with van der Waals surface area (Å²) < 4.78 is 7.14. The number of anilines is 1. The van der Waals surface area contributed by atoms with Gasteiger partial charge in [0.05, 0.1) is 15.9 Å². The fourth-order valence-electron chi connectivity index (χ4n) is 4.16. The highest BCUT2D eigenvalue weighted by Gasteiger charge is 2.48. The number of benzene rings is 2. The van der Waals surface area contributed by atoms with Crippen LogP contribution in [0.15, 0.2) is 54.7 Å². The average Bonchev–Trinajstić information content (AvgIpc) is 3.23. The predicted octanol–water partition coefficient (Wildman–Crippen LogP) is 4.60. The summed E-state index contributed by atoms with van der Waals surface area (Å²) in [4.78, 5) is 26.2. The Labute approximate surface area is 186 Å². The molecule has 0 saturated heterocycles. The molecule has 31 heavy (non-hydrogen) atoms. The van der Waals surface area contributed by atoms with E-state index in [1.54, 1.807) is 13.2 Å². The Morgan fingerprint density at radius 2 is 1.77 bits per heavy atom. The summed E-state index contributed by atoms with van der Waals surface area (Å²) in [6, 6.07) is 15.4. The van der Waals surface area contributed by atoms with Gasteiger partial charge in [-0.15, -0.1) is 0 Å². The van der Waals surface area contributed by atoms with Crippen LogP contribution in [0.2, 0.25) is 0 Å². The Kier molecular flexibility index (Phi) is 5.09. The number of para-hydroxylation sites is 2. The molecule has 0 saturated carbocycles. The SMILES string of the molecule is CNC(=O)CC1(c2cn(C(=O)OC(C)(C)C)c3ccccc23)C(=S)Nc2ccccc21. The minimum Gasteiger partial charge on any atom is -0.443 e. The van der Waals surface area contributed by atoms with Gasteiger partial charge in [-0.05, 0) is 44.0 Å². The maximum atomic E-state index is 13.0. The molecule has 1 aliphatic rings. The highest BCUT2D eigenvalue weighted by Crippen LogP contribution is 2.48. The van der Waals surface area contributed by atoms with Crippen molar-refractivity contribution in [2.24, 2.45) is 0 Å². The lowest BCUT2D eigenvalue weighted by Crippen LogP contribution is -2.39. The third-order valence-electron chi connectivity index (χ3n) is 5.49. The average molecular weight is 436 g/mol. The van der Waals surface area contributed by atoms with E-state index < -0.39 is 17.1 Å². The predicted molar refractivity (Wildman–Crippen MR) is 126 cm³/mol. The smallest absolute Gasteiger partial charge is 0.419 e. The molecule has 2 heterocycles. The van der Waals surface area contributed by atoms with E-state index in [0.29, 0.717) is 10.5 Å². The molecule has 1 atom stereocenters. The van der Waals surface area contributed by atoms with E-state index >= 15 is 0 Å². The quantitative estimate of drug-likeness (QED) is 0.589. The second-order valence-electron chi connectivity index (χ2n) is 8.67. The van der Waals surface area contributed by atoms with Crippen LogP contribution in [0.3, 0.4) is 0 Å². The largest absolute Gasteiger partial charge is 0.443 e. The number of amides is 1. The van der Waals surface area contributed by atoms with E-state index in [4.69, 9.17) is 17.0 Å². The highest BCUT2D eigenvalue weighted by atomic mass is 32.1. The number of fused-ring (bicyclic) bond motifs is 2. The van der Waals surface area contributed by atoms with Crippen molar-refractivity contribution in [3.8, 4) is 0 Å². The fourth-order valence-corrected chi connectivity index (χ4v) is 4.57. The Balaban J connectivity index is 2.00. The second kappa shape index (κ2) is 7.50. The molecule has 1 amide bonds. The van der Waals surface area contributed by atoms with E-state index in [2.05, 4.69) is 10.6 Å². The summed E-state index contributed by atoms with van der Waals surface area (Å²) in [6.45, 7) is 5.49. The van der Waals surface area contributed by atoms with Crippen molar-refractivity contribution in [3.05, 3.63) is 65.9 Å². The van der Waals surface area contributed by atoms with Gasteiger partial charge in [-0.25, -0.2) is 4.79 Å². The van der Waals surface area contributed by atoms with Gasteiger partial charge in [0.25, 0.3) is 0 Å². The van der Waals surface area contributed by atoms with Crippen LogP contribution in [0.25, 0.3) is 10.9 Å². The van der Waals surface area contributed by atoms with Crippen LogP contribution in [0.1, 0.15) is 38.3 Å². The van der Waals surface area contributed by atoms with Gasteiger partial charge in [0.1, 0.15) is 5.60 Å². The van der Waals surface area contributed by atoms with E-state index in [9.17, 15) is 9.59 Å². The molecular weight excluding hydrogens is 410 g/mol. The van der Waals surface area contributed by atoms with Crippen LogP contribution < -0.4 is 10.6 Å². The van der Waals surface area contributed by atoms with Gasteiger partial charge in [-0.1, -0.05) is 48.6 Å². The Hall–Kier alpha value is -3.19. The molecule has 0 bridgehead atoms. The summed E-state index contributed by atoms with van der Waals surface area (Å²) in [5.41, 5.74) is 1.73. The summed E-state index contributed by atoms with van der Waals surface area (Å²) >= 11 is 5.82. The van der Waals surface area contributed by atoms with Crippen LogP contribution in [0.4, 0.5) is 10.5 Å². The first-order chi connectivity index (χ1) is 14.7. The summed E-state index contributed by atoms with van der Waals surface area (Å²) in [5, 5.41) is 6.85. The molecule has 0 spiro atoms. The Bertz CT molecular complexity index is 1210. The molecule has 1 aliphatic heterocycles. The number of aromatic nitrogens is 1. The number of carbonyl (C=O) groups excluding carboxylic acids is 2. The van der Waals surface area contributed by atoms with Gasteiger partial charge in [0.2, 0.25) is 5.91 Å². The zero-order valence-electron chi connectivity index (χ0n) is 18.0. The number of nitrogens with one attached hydrogen (secondary N) is 2. The molecular formula is C24H25N3O3S. The highest BCUT2D eigenvalue weighted by molar-refractivity contribution is 7.80. The molecule has 0 aliphatic carbocycles. The summed E-state index contributed by atoms with van der Waals surface area (Å²) in [5.74, 6) is -0.144. The van der Waals surface area contributed by atoms with Gasteiger partial charge in [-0.2, -0.15) is 0 Å². The van der Waals surface area contributed by atoms with Crippen LogP contribution in [-0.4, -0.2) is 34.2 Å². The lowest BCUT2D eigenvalue weighted by atomic mass is 9.73. The molecule has 160 valence electrons. The van der Waals surface area contributed by atoms with Crippen molar-refractivity contribution in [1.29, 1.82) is 0 Å². The lowest BCUT2D eigenvalue weighted by molar-refractivity contribution is -0.121. The number of thiocarbonyl (C=S) groups is 1. The maximum Gasteiger partial charge on any atom is 0.419 e. The molecule has 2 N–H and O–H groups in total. The minimum absolute atomic E-state index is 0.120. The molecule has 7 heteroatoms. The minimum atomic E-state index is -0.904. The molecule has 0 radical (unpaired) electrons. The second-order valence-corrected chi connectivity index (χ2v) is 9.07. The first-order valence-corrected chi connectivity index (χ1v) is 10.5. The molecule has 4 rings (SSSR count). The van der Waals surface area contributed by atoms with Crippen molar-refractivity contribution in [2.75, 3.05) is 12.4 Å². The van der Waals surface area contributed by atoms with Crippen LogP contribution in [-0.2, 0) is 14.9 Å². The Morgan fingerprint density at radius 3 is 2.48 bits per heavy atom. The number of hydrogen-bond donors (Lipinski definition) is 2. The van der Waals surface area contributed by atoms with Gasteiger partial charge >= 0.3 is 6.09 Å². The number of carbonyl (C=O) groups is 2. The lowest BCUT2D eigenvalue weighted by Gasteiger charge is -2.29. The van der Waals surface area contributed by atoms with Crippen molar-refractivity contribution >= 4 is 45.8 Å². The zero-order valence-corrected chi connectivity index (χ0v) is 18.8. The van der Waals surface area contributed by atoms with Crippen molar-refractivity contribution < 1.29 is 14.3 Å². The fraction of sp³-hybridized carbons (Fsp3) is 0.292. The van der Waals surface area contributed by atoms with Crippen LogP contribution in [0.5, 0.6) is 0 Å². The first kappa shape index (κ1) is 21.1. The number of rotatable bonds is 3. The van der Waals surface area contributed by atoms with E-state index in [1.165, 1.54) is 4.57 Å². The van der Waals surface area contributed by atoms with Crippen molar-refractivity contribution in [2.45, 2.75) is 38.2 Å². The number of nitrogens with zero attached hydrogens (tertiary/aromatic N) is 1. The number of ether oxygens (including phenoxy) is 1.